The van der Waals surface area contributed by atoms with Crippen LogP contribution in [0.3, 0.4) is 0 Å². The van der Waals surface area contributed by atoms with E-state index < -0.39 is 0 Å². The number of hydrogen-bond donors (Lipinski definition) is 2. The van der Waals surface area contributed by atoms with E-state index in [4.69, 9.17) is 17.0 Å². The van der Waals surface area contributed by atoms with Gasteiger partial charge in [0.2, 0.25) is 0 Å². The Morgan fingerprint density at radius 1 is 1.12 bits per heavy atom. The monoisotopic (exact) mass is 264 g/mol. The Kier molecular flexibility index (Phi) is 13.1. The van der Waals surface area contributed by atoms with E-state index in [1.165, 1.54) is 31.4 Å². The number of ether oxygens (including phenoxy) is 1. The molecule has 0 aliphatic carbocycles. The third kappa shape index (κ3) is 12.1. The molecule has 0 saturated carbocycles. The maximum absolute atomic E-state index is 5.11. The summed E-state index contributed by atoms with van der Waals surface area (Å²) in [6.07, 6.45) is 7.30. The van der Waals surface area contributed by atoms with Gasteiger partial charge in [0.15, 0.2) is 5.11 Å². The topological polar surface area (TPSA) is 33.3 Å². The van der Waals surface area contributed by atoms with E-state index in [2.05, 4.69) is 16.9 Å². The van der Waals surface area contributed by atoms with Gasteiger partial charge in [-0.3, -0.25) is 0 Å². The summed E-state index contributed by atoms with van der Waals surface area (Å²) in [6.45, 7) is 2.44. The molecular formula is C11H24N2OS2. The van der Waals surface area contributed by atoms with E-state index in [0.717, 1.165) is 18.2 Å². The molecule has 0 atom stereocenters. The highest BCUT2D eigenvalue weighted by Crippen LogP contribution is 2.03. The first-order valence-corrected chi connectivity index (χ1v) is 7.61. The fraction of sp³-hybridized carbons (Fsp3) is 0.909. The lowest BCUT2D eigenvalue weighted by Crippen LogP contribution is -2.37. The summed E-state index contributed by atoms with van der Waals surface area (Å²) in [7, 11) is 1.69. The van der Waals surface area contributed by atoms with Crippen LogP contribution in [0.5, 0.6) is 0 Å². The first-order chi connectivity index (χ1) is 7.81. The molecule has 0 heterocycles. The molecule has 0 aliphatic heterocycles. The lowest BCUT2D eigenvalue weighted by molar-refractivity contribution is 0.204. The predicted octanol–water partition coefficient (Wildman–Crippen LogP) is 2.02. The largest absolute Gasteiger partial charge is 0.383 e. The molecule has 0 saturated heterocycles. The number of nitrogens with one attached hydrogen (secondary N) is 2. The Morgan fingerprint density at radius 2 is 1.81 bits per heavy atom. The summed E-state index contributed by atoms with van der Waals surface area (Å²) in [6, 6.07) is 0. The summed E-state index contributed by atoms with van der Waals surface area (Å²) in [5.74, 6) is 1.28. The highest BCUT2D eigenvalue weighted by atomic mass is 32.2. The second-order valence-corrected chi connectivity index (χ2v) is 4.98. The van der Waals surface area contributed by atoms with Crippen molar-refractivity contribution in [1.29, 1.82) is 0 Å². The standard InChI is InChI=1S/C11H24N2OS2/c1-14-9-8-13-11(15)12-7-5-3-4-6-10-16-2/h3-10H2,1-2H3,(H2,12,13,15). The van der Waals surface area contributed by atoms with Crippen molar-refractivity contribution in [1.82, 2.24) is 10.6 Å². The van der Waals surface area contributed by atoms with Crippen LogP contribution in [0, 0.1) is 0 Å². The van der Waals surface area contributed by atoms with Crippen molar-refractivity contribution in [2.75, 3.05) is 38.8 Å². The third-order valence-electron chi connectivity index (χ3n) is 2.15. The quantitative estimate of drug-likeness (QED) is 0.466. The zero-order valence-corrected chi connectivity index (χ0v) is 12.0. The fourth-order valence-corrected chi connectivity index (χ4v) is 1.95. The molecule has 0 aromatic rings. The maximum atomic E-state index is 5.11. The highest BCUT2D eigenvalue weighted by Gasteiger charge is 1.94. The number of hydrogen-bond acceptors (Lipinski definition) is 3. The van der Waals surface area contributed by atoms with Crippen molar-refractivity contribution < 1.29 is 4.74 Å². The highest BCUT2D eigenvalue weighted by molar-refractivity contribution is 7.98. The van der Waals surface area contributed by atoms with Gasteiger partial charge in [-0.15, -0.1) is 0 Å². The molecule has 0 aliphatic rings. The predicted molar refractivity (Wildman–Crippen MR) is 77.3 cm³/mol. The maximum Gasteiger partial charge on any atom is 0.166 e. The molecule has 0 unspecified atom stereocenters. The Bertz CT molecular complexity index is 168. The molecule has 0 fully saturated rings. The summed E-state index contributed by atoms with van der Waals surface area (Å²) >= 11 is 7.03. The zero-order valence-electron chi connectivity index (χ0n) is 10.4. The van der Waals surface area contributed by atoms with Crippen LogP contribution in [-0.2, 0) is 4.74 Å². The Hall–Kier alpha value is 0. The molecular weight excluding hydrogens is 240 g/mol. The van der Waals surface area contributed by atoms with Crippen LogP contribution < -0.4 is 10.6 Å². The van der Waals surface area contributed by atoms with Crippen molar-refractivity contribution in [3.63, 3.8) is 0 Å². The minimum absolute atomic E-state index is 0.691. The van der Waals surface area contributed by atoms with Crippen molar-refractivity contribution in [3.05, 3.63) is 0 Å². The number of methoxy groups -OCH3 is 1. The first-order valence-electron chi connectivity index (χ1n) is 5.81. The Balaban J connectivity index is 3.09. The summed E-state index contributed by atoms with van der Waals surface area (Å²) in [5, 5.41) is 7.02. The van der Waals surface area contributed by atoms with Crippen molar-refractivity contribution in [3.8, 4) is 0 Å². The van der Waals surface area contributed by atoms with E-state index >= 15 is 0 Å². The molecule has 5 heteroatoms. The van der Waals surface area contributed by atoms with Crippen LogP contribution in [0.2, 0.25) is 0 Å². The molecule has 0 aromatic heterocycles. The minimum Gasteiger partial charge on any atom is -0.383 e. The average molecular weight is 264 g/mol. The van der Waals surface area contributed by atoms with Crippen molar-refractivity contribution in [2.45, 2.75) is 25.7 Å². The summed E-state index contributed by atoms with van der Waals surface area (Å²) < 4.78 is 4.92. The van der Waals surface area contributed by atoms with E-state index in [-0.39, 0.29) is 0 Å². The van der Waals surface area contributed by atoms with Gasteiger partial charge in [0.25, 0.3) is 0 Å². The van der Waals surface area contributed by atoms with Crippen LogP contribution in [-0.4, -0.2) is 43.9 Å². The van der Waals surface area contributed by atoms with Crippen LogP contribution in [0.15, 0.2) is 0 Å². The van der Waals surface area contributed by atoms with Gasteiger partial charge in [-0.25, -0.2) is 0 Å². The molecule has 0 aromatic carbocycles. The van der Waals surface area contributed by atoms with E-state index in [1.54, 1.807) is 7.11 Å². The Labute approximate surface area is 109 Å². The number of thiocarbonyl (C=S) groups is 1. The molecule has 0 spiro atoms. The van der Waals surface area contributed by atoms with Crippen molar-refractivity contribution >= 4 is 29.1 Å². The second-order valence-electron chi connectivity index (χ2n) is 3.58. The van der Waals surface area contributed by atoms with Gasteiger partial charge in [-0.05, 0) is 37.1 Å². The zero-order chi connectivity index (χ0) is 12.1. The van der Waals surface area contributed by atoms with Gasteiger partial charge >= 0.3 is 0 Å². The first kappa shape index (κ1) is 16.0. The lowest BCUT2D eigenvalue weighted by atomic mass is 10.2. The van der Waals surface area contributed by atoms with E-state index in [9.17, 15) is 0 Å². The molecule has 0 radical (unpaired) electrons. The van der Waals surface area contributed by atoms with Gasteiger partial charge in [0, 0.05) is 20.2 Å². The van der Waals surface area contributed by atoms with Gasteiger partial charge in [-0.1, -0.05) is 12.8 Å². The molecule has 0 bridgehead atoms. The smallest absolute Gasteiger partial charge is 0.166 e. The average Bonchev–Trinajstić information content (AvgIpc) is 2.28. The van der Waals surface area contributed by atoms with Crippen LogP contribution in [0.1, 0.15) is 25.7 Å². The normalized spacial score (nSPS) is 10.1. The lowest BCUT2D eigenvalue weighted by Gasteiger charge is -2.09. The second kappa shape index (κ2) is 13.1. The summed E-state index contributed by atoms with van der Waals surface area (Å²) in [4.78, 5) is 0. The van der Waals surface area contributed by atoms with E-state index in [1.807, 2.05) is 11.8 Å². The Morgan fingerprint density at radius 3 is 2.50 bits per heavy atom. The SMILES string of the molecule is COCCNC(=S)NCCCCCCSC. The van der Waals surface area contributed by atoms with Gasteiger partial charge in [-0.2, -0.15) is 11.8 Å². The number of rotatable bonds is 10. The van der Waals surface area contributed by atoms with Crippen molar-refractivity contribution in [2.24, 2.45) is 0 Å². The molecule has 16 heavy (non-hydrogen) atoms. The molecule has 0 amide bonds. The van der Waals surface area contributed by atoms with Gasteiger partial charge in [0.05, 0.1) is 6.61 Å². The van der Waals surface area contributed by atoms with Crippen LogP contribution in [0.25, 0.3) is 0 Å². The molecule has 0 rings (SSSR count). The number of thioether (sulfide) groups is 1. The molecule has 96 valence electrons. The van der Waals surface area contributed by atoms with E-state index in [0.29, 0.717) is 6.61 Å². The minimum atomic E-state index is 0.691. The van der Waals surface area contributed by atoms with Gasteiger partial charge < -0.3 is 15.4 Å². The fourth-order valence-electron chi connectivity index (χ4n) is 1.26. The summed E-state index contributed by atoms with van der Waals surface area (Å²) in [5.41, 5.74) is 0. The molecule has 2 N–H and O–H groups in total. The van der Waals surface area contributed by atoms with Gasteiger partial charge in [0.1, 0.15) is 0 Å². The molecule has 3 nitrogen and oxygen atoms in total. The van der Waals surface area contributed by atoms with Crippen LogP contribution in [0.4, 0.5) is 0 Å². The van der Waals surface area contributed by atoms with Crippen LogP contribution >= 0.6 is 24.0 Å². The third-order valence-corrected chi connectivity index (χ3v) is 3.14. The number of unbranched alkanes of at least 4 members (excludes halogenated alkanes) is 3.